The van der Waals surface area contributed by atoms with Gasteiger partial charge in [-0.05, 0) is 154 Å². The number of aromatic carboxylic acids is 1. The Bertz CT molecular complexity index is 4460. The third-order valence-electron chi connectivity index (χ3n) is 19.1. The Balaban J connectivity index is 1.18. The number of carbonyl (C=O) groups is 1. The number of carboxylic acids is 1. The summed E-state index contributed by atoms with van der Waals surface area (Å²) in [4.78, 5) is 31.3. The molecule has 5 aromatic carbocycles. The third kappa shape index (κ3) is 18.2. The van der Waals surface area contributed by atoms with Crippen molar-refractivity contribution in [3.8, 4) is 68.9 Å². The third-order valence-corrected chi connectivity index (χ3v) is 19.1. The molecule has 100 heavy (non-hydrogen) atoms. The van der Waals surface area contributed by atoms with E-state index in [1.54, 1.807) is 24.3 Å². The van der Waals surface area contributed by atoms with E-state index in [1.807, 2.05) is 18.2 Å². The number of aromatic nitrogens is 5. The molecule has 0 spiro atoms. The smallest absolute Gasteiger partial charge is 0.335 e. The first-order valence-corrected chi connectivity index (χ1v) is 37.6. The molecule has 518 valence electrons. The van der Waals surface area contributed by atoms with Crippen LogP contribution in [0.25, 0.3) is 90.4 Å². The molecule has 0 fully saturated rings. The Morgan fingerprint density at radius 1 is 0.380 bits per heavy atom. The summed E-state index contributed by atoms with van der Waals surface area (Å²) >= 11 is 0. The van der Waals surface area contributed by atoms with Gasteiger partial charge in [0.15, 0.2) is 0 Å². The van der Waals surface area contributed by atoms with Crippen LogP contribution in [0.15, 0.2) is 127 Å². The van der Waals surface area contributed by atoms with Crippen molar-refractivity contribution in [1.29, 1.82) is 0 Å². The summed E-state index contributed by atoms with van der Waals surface area (Å²) in [6, 6.07) is 42.6. The number of rotatable bonds is 36. The van der Waals surface area contributed by atoms with Gasteiger partial charge < -0.3 is 38.6 Å². The van der Waals surface area contributed by atoms with E-state index in [9.17, 15) is 9.90 Å². The number of unbranched alkanes of at least 4 members (excludes halogenated alkanes) is 20. The second-order valence-corrected chi connectivity index (χ2v) is 26.6. The van der Waals surface area contributed by atoms with Gasteiger partial charge in [0.25, 0.3) is 0 Å². The minimum Gasteiger partial charge on any atom is -0.493 e. The fourth-order valence-corrected chi connectivity index (χ4v) is 13.7. The van der Waals surface area contributed by atoms with Crippen LogP contribution in [0.4, 0.5) is 0 Å². The first-order chi connectivity index (χ1) is 49.3. The lowest BCUT2D eigenvalue weighted by molar-refractivity contribution is 0.0696. The molecule has 2 aliphatic rings. The molecule has 9 aromatic rings. The van der Waals surface area contributed by atoms with Crippen LogP contribution in [0.2, 0.25) is 0 Å². The van der Waals surface area contributed by atoms with Crippen LogP contribution in [-0.4, -0.2) is 62.0 Å². The number of nitrogens with zero attached hydrogens (tertiary/aromatic N) is 3. The second-order valence-electron chi connectivity index (χ2n) is 26.6. The van der Waals surface area contributed by atoms with Crippen molar-refractivity contribution in [2.75, 3.05) is 26.4 Å². The number of fused-ring (bicyclic) bond motifs is 11. The Kier molecular flexibility index (Phi) is 26.4. The van der Waals surface area contributed by atoms with E-state index in [0.717, 1.165) is 113 Å². The Morgan fingerprint density at radius 2 is 0.760 bits per heavy atom. The summed E-state index contributed by atoms with van der Waals surface area (Å²) in [5.41, 5.74) is 14.4. The normalized spacial score (nSPS) is 11.7. The quantitative estimate of drug-likeness (QED) is 0.0261. The molecule has 0 aliphatic carbocycles. The molecule has 3 N–H and O–H groups in total. The number of carboxylic acid groups (broad SMARTS) is 1. The number of hydrogen-bond acceptors (Lipinski definition) is 7. The number of aryl methyl sites for hydroxylation is 1. The molecular formula is C89H101N5O6. The van der Waals surface area contributed by atoms with Gasteiger partial charge in [-0.1, -0.05) is 210 Å². The van der Waals surface area contributed by atoms with Gasteiger partial charge in [-0.3, -0.25) is 0 Å². The van der Waals surface area contributed by atoms with Gasteiger partial charge in [0.05, 0.1) is 88.1 Å². The van der Waals surface area contributed by atoms with Crippen molar-refractivity contribution in [2.45, 2.75) is 195 Å². The fourth-order valence-electron chi connectivity index (χ4n) is 13.7. The molecule has 0 amide bonds. The number of nitrogens with one attached hydrogen (secondary N) is 2. The van der Waals surface area contributed by atoms with Crippen LogP contribution in [-0.2, 0) is 6.54 Å². The zero-order valence-electron chi connectivity index (χ0n) is 59.8. The van der Waals surface area contributed by atoms with Crippen molar-refractivity contribution in [3.63, 3.8) is 0 Å². The molecule has 0 unspecified atom stereocenters. The maximum Gasteiger partial charge on any atom is 0.335 e. The Morgan fingerprint density at radius 3 is 1.19 bits per heavy atom. The lowest BCUT2D eigenvalue weighted by Crippen LogP contribution is -2.04. The molecule has 4 aromatic heterocycles. The lowest BCUT2D eigenvalue weighted by atomic mass is 10.0. The van der Waals surface area contributed by atoms with Crippen molar-refractivity contribution >= 4 is 74.1 Å². The molecule has 2 aliphatic heterocycles. The molecule has 11 nitrogen and oxygen atoms in total. The molecule has 0 saturated carbocycles. The van der Waals surface area contributed by atoms with Crippen LogP contribution in [0, 0.1) is 23.7 Å². The van der Waals surface area contributed by atoms with E-state index in [4.69, 9.17) is 28.9 Å². The number of benzene rings is 5. The molecular weight excluding hydrogens is 1240 g/mol. The molecule has 0 atom stereocenters. The van der Waals surface area contributed by atoms with E-state index >= 15 is 0 Å². The first kappa shape index (κ1) is 71.6. The zero-order valence-corrected chi connectivity index (χ0v) is 59.8. The van der Waals surface area contributed by atoms with Crippen LogP contribution >= 0.6 is 0 Å². The van der Waals surface area contributed by atoms with Crippen LogP contribution in [0.5, 0.6) is 23.0 Å². The Labute approximate surface area is 592 Å². The molecule has 6 heterocycles. The second kappa shape index (κ2) is 36.9. The monoisotopic (exact) mass is 1340 g/mol. The standard InChI is InChI=1S/C89H101N5O6/c1-6-11-15-19-23-29-59-97-81-37-33-38-82(98-60-30-24-20-16-12-7-2)87(81)85-75-54-50-71(90-75)68(48-43-64-41-46-66(47-42-64)89(95)96)72-51-55-76(91-72)86(88-83(99-61-31-25-21-17-13-8-3)39-34-40-84(88)100-62-32-26-22-18-14-9-4)78-57-53-74(93-78)69(73-52-56-77(85)92-73)49-44-65-45-58-80-70(63-65)67-35-27-28-36-79(67)94(80)10-5/h27-28,33-42,45-47,50-58,63,90,93H,6-26,29-32,59-62H2,1-5H3,(H,95,96). The minimum atomic E-state index is -0.999. The van der Waals surface area contributed by atoms with Crippen molar-refractivity contribution in [3.05, 3.63) is 178 Å². The maximum absolute atomic E-state index is 12.1. The summed E-state index contributed by atoms with van der Waals surface area (Å²) in [5.74, 6) is 16.2. The molecule has 11 heteroatoms. The van der Waals surface area contributed by atoms with E-state index in [-0.39, 0.29) is 5.56 Å². The van der Waals surface area contributed by atoms with Crippen molar-refractivity contribution < 1.29 is 28.8 Å². The van der Waals surface area contributed by atoms with Gasteiger partial charge in [-0.15, -0.1) is 0 Å². The number of ether oxygens (including phenoxy) is 4. The van der Waals surface area contributed by atoms with Crippen LogP contribution in [0.3, 0.4) is 0 Å². The van der Waals surface area contributed by atoms with Gasteiger partial charge in [-0.25, -0.2) is 14.8 Å². The highest BCUT2D eigenvalue weighted by atomic mass is 16.5. The summed E-state index contributed by atoms with van der Waals surface area (Å²) < 4.78 is 30.3. The number of H-pyrrole nitrogens is 2. The van der Waals surface area contributed by atoms with Gasteiger partial charge in [-0.2, -0.15) is 0 Å². The average Bonchev–Trinajstić information content (AvgIpc) is 1.59. The Hall–Kier alpha value is -9.71. The SMILES string of the molecule is CCCCCCCCOc1cccc(OCCCCCCCC)c1-c1c2nc(c(C#Cc3ccc4c(c3)c3ccccc3n4CC)c3ccc([nH]3)c(-c3c(OCCCCCCCC)cccc3OCCCCCCCC)c3nc(c(C#Cc4ccc(C(=O)O)cc4)c4ccc1[nH]4)C=C3)C=C2. The lowest BCUT2D eigenvalue weighted by Gasteiger charge is -2.18. The van der Waals surface area contributed by atoms with Gasteiger partial charge in [0, 0.05) is 61.6 Å². The zero-order chi connectivity index (χ0) is 69.3. The van der Waals surface area contributed by atoms with Gasteiger partial charge in [0.2, 0.25) is 0 Å². The summed E-state index contributed by atoms with van der Waals surface area (Å²) in [7, 11) is 0. The minimum absolute atomic E-state index is 0.186. The largest absolute Gasteiger partial charge is 0.493 e. The van der Waals surface area contributed by atoms with E-state index in [0.29, 0.717) is 88.9 Å². The number of aromatic amines is 2. The molecule has 8 bridgehead atoms. The summed E-state index contributed by atoms with van der Waals surface area (Å²) in [6.07, 6.45) is 35.5. The van der Waals surface area contributed by atoms with Gasteiger partial charge >= 0.3 is 5.97 Å². The molecule has 11 rings (SSSR count). The fraction of sp³-hybridized carbons (Fsp3) is 0.382. The highest BCUT2D eigenvalue weighted by Gasteiger charge is 2.25. The molecule has 0 saturated heterocycles. The van der Waals surface area contributed by atoms with Gasteiger partial charge in [0.1, 0.15) is 23.0 Å². The van der Waals surface area contributed by atoms with E-state index < -0.39 is 5.97 Å². The van der Waals surface area contributed by atoms with Crippen molar-refractivity contribution in [2.24, 2.45) is 0 Å². The highest BCUT2D eigenvalue weighted by Crippen LogP contribution is 2.46. The van der Waals surface area contributed by atoms with E-state index in [2.05, 4.69) is 182 Å². The molecule has 0 radical (unpaired) electrons. The van der Waals surface area contributed by atoms with Crippen LogP contribution in [0.1, 0.15) is 244 Å². The highest BCUT2D eigenvalue weighted by molar-refractivity contribution is 6.08. The average molecular weight is 1340 g/mol. The van der Waals surface area contributed by atoms with Crippen molar-refractivity contribution in [1.82, 2.24) is 24.5 Å². The first-order valence-electron chi connectivity index (χ1n) is 37.6. The predicted molar refractivity (Wildman–Crippen MR) is 416 cm³/mol. The number of para-hydroxylation sites is 1. The summed E-state index contributed by atoms with van der Waals surface area (Å²) in [5, 5.41) is 12.2. The topological polar surface area (TPSA) is 137 Å². The van der Waals surface area contributed by atoms with E-state index in [1.165, 1.54) is 119 Å². The number of hydrogen-bond donors (Lipinski definition) is 3. The summed E-state index contributed by atoms with van der Waals surface area (Å²) in [6.45, 7) is 14.2. The maximum atomic E-state index is 12.1. The van der Waals surface area contributed by atoms with Crippen LogP contribution < -0.4 is 18.9 Å². The predicted octanol–water partition coefficient (Wildman–Crippen LogP) is 23.6.